The number of carbonyl (C=O) groups is 3. The highest BCUT2D eigenvalue weighted by Gasteiger charge is 2.31. The van der Waals surface area contributed by atoms with Crippen molar-refractivity contribution >= 4 is 17.5 Å². The van der Waals surface area contributed by atoms with Crippen LogP contribution in [-0.4, -0.2) is 34.9 Å². The second-order valence-electron chi connectivity index (χ2n) is 6.86. The van der Waals surface area contributed by atoms with E-state index < -0.39 is 17.8 Å². The van der Waals surface area contributed by atoms with Gasteiger partial charge in [0, 0.05) is 17.9 Å². The molecule has 1 aliphatic heterocycles. The number of aliphatic hydroxyl groups is 1. The van der Waals surface area contributed by atoms with E-state index in [9.17, 15) is 19.5 Å². The minimum absolute atomic E-state index is 0.208. The third-order valence-electron chi connectivity index (χ3n) is 4.57. The summed E-state index contributed by atoms with van der Waals surface area (Å²) in [5, 5.41) is 10.4. The average Bonchev–Trinajstić information content (AvgIpc) is 2.84. The summed E-state index contributed by atoms with van der Waals surface area (Å²) in [5.41, 5.74) is 2.17. The smallest absolute Gasteiger partial charge is 0.334 e. The summed E-state index contributed by atoms with van der Waals surface area (Å²) in [6, 6.07) is 0. The van der Waals surface area contributed by atoms with E-state index >= 15 is 0 Å². The molecule has 0 aromatic rings. The molecular weight excluding hydrogens is 320 g/mol. The zero-order valence-electron chi connectivity index (χ0n) is 14.9. The molecular formula is C20H24O5. The molecule has 2 aliphatic rings. The summed E-state index contributed by atoms with van der Waals surface area (Å²) in [6.45, 7) is 8.89. The van der Waals surface area contributed by atoms with Gasteiger partial charge in [-0.1, -0.05) is 17.7 Å². The van der Waals surface area contributed by atoms with Crippen LogP contribution in [0, 0.1) is 5.92 Å². The van der Waals surface area contributed by atoms with Crippen molar-refractivity contribution in [3.8, 4) is 0 Å². The Hall–Kier alpha value is -2.27. The van der Waals surface area contributed by atoms with Crippen molar-refractivity contribution in [1.29, 1.82) is 0 Å². The Kier molecular flexibility index (Phi) is 5.90. The van der Waals surface area contributed by atoms with Gasteiger partial charge in [-0.05, 0) is 57.4 Å². The number of ketones is 2. The number of fused-ring (bicyclic) bond motifs is 1. The first-order valence-electron chi connectivity index (χ1n) is 8.37. The maximum absolute atomic E-state index is 12.4. The molecule has 2 rings (SSSR count). The van der Waals surface area contributed by atoms with Crippen LogP contribution in [0.15, 0.2) is 47.1 Å². The monoisotopic (exact) mass is 344 g/mol. The Morgan fingerprint density at radius 1 is 1.24 bits per heavy atom. The molecule has 0 amide bonds. The highest BCUT2D eigenvalue weighted by Crippen LogP contribution is 2.28. The Bertz CT molecular complexity index is 708. The predicted octanol–water partition coefficient (Wildman–Crippen LogP) is 2.61. The van der Waals surface area contributed by atoms with E-state index in [-0.39, 0.29) is 23.4 Å². The van der Waals surface area contributed by atoms with Crippen molar-refractivity contribution in [1.82, 2.24) is 0 Å². The number of ether oxygens (including phenoxy) is 1. The van der Waals surface area contributed by atoms with E-state index in [1.807, 2.05) is 0 Å². The van der Waals surface area contributed by atoms with Gasteiger partial charge in [0.1, 0.15) is 12.2 Å². The summed E-state index contributed by atoms with van der Waals surface area (Å²) >= 11 is 0. The van der Waals surface area contributed by atoms with Crippen LogP contribution in [-0.2, 0) is 19.1 Å². The van der Waals surface area contributed by atoms with Crippen molar-refractivity contribution in [2.75, 3.05) is 0 Å². The van der Waals surface area contributed by atoms with Crippen molar-refractivity contribution in [3.63, 3.8) is 0 Å². The lowest BCUT2D eigenvalue weighted by Gasteiger charge is -2.22. The molecule has 1 heterocycles. The van der Waals surface area contributed by atoms with E-state index in [2.05, 4.69) is 6.58 Å². The Balaban J connectivity index is 2.39. The molecule has 0 spiro atoms. The predicted molar refractivity (Wildman–Crippen MR) is 93.7 cm³/mol. The van der Waals surface area contributed by atoms with Gasteiger partial charge in [-0.3, -0.25) is 9.59 Å². The van der Waals surface area contributed by atoms with E-state index in [0.717, 1.165) is 5.57 Å². The van der Waals surface area contributed by atoms with Crippen LogP contribution in [0.1, 0.15) is 40.0 Å². The molecule has 1 aliphatic carbocycles. The van der Waals surface area contributed by atoms with Gasteiger partial charge >= 0.3 is 5.97 Å². The topological polar surface area (TPSA) is 80.7 Å². The number of esters is 1. The van der Waals surface area contributed by atoms with Gasteiger partial charge in [0.2, 0.25) is 0 Å². The van der Waals surface area contributed by atoms with E-state index in [4.69, 9.17) is 4.74 Å². The first-order valence-corrected chi connectivity index (χ1v) is 8.37. The summed E-state index contributed by atoms with van der Waals surface area (Å²) in [7, 11) is 0. The summed E-state index contributed by atoms with van der Waals surface area (Å²) < 4.78 is 5.32. The third kappa shape index (κ3) is 4.63. The molecule has 0 fully saturated rings. The first-order chi connectivity index (χ1) is 11.7. The Labute approximate surface area is 147 Å². The van der Waals surface area contributed by atoms with Crippen molar-refractivity contribution in [2.45, 2.75) is 52.2 Å². The molecule has 0 aromatic heterocycles. The molecule has 1 N–H and O–H groups in total. The largest absolute Gasteiger partial charge is 0.454 e. The SMILES string of the molecule is C=C(C)[C@@H]1CCC2=C[C@H](C/C(C)=C\C(=O)/C=C(/C)C(=O)[C@H]1O)OC2=O. The molecule has 0 aromatic carbocycles. The number of carbonyl (C=O) groups excluding carboxylic acids is 3. The normalized spacial score (nSPS) is 32.7. The summed E-state index contributed by atoms with van der Waals surface area (Å²) in [6.07, 6.45) is 4.00. The van der Waals surface area contributed by atoms with Crippen LogP contribution in [0.5, 0.6) is 0 Å². The molecule has 0 saturated carbocycles. The van der Waals surface area contributed by atoms with Gasteiger partial charge < -0.3 is 9.84 Å². The number of allylic oxidation sites excluding steroid dienone is 2. The highest BCUT2D eigenvalue weighted by atomic mass is 16.5. The van der Waals surface area contributed by atoms with E-state index in [1.54, 1.807) is 19.9 Å². The molecule has 134 valence electrons. The fraction of sp³-hybridized carbons (Fsp3) is 0.450. The minimum Gasteiger partial charge on any atom is -0.454 e. The number of Topliss-reactive ketones (excluding diaryl/α,β-unsaturated/α-hetero) is 1. The quantitative estimate of drug-likeness (QED) is 0.584. The van der Waals surface area contributed by atoms with Crippen LogP contribution in [0.25, 0.3) is 0 Å². The highest BCUT2D eigenvalue weighted by molar-refractivity contribution is 6.08. The van der Waals surface area contributed by atoms with Gasteiger partial charge in [-0.25, -0.2) is 4.79 Å². The fourth-order valence-corrected chi connectivity index (χ4v) is 3.17. The minimum atomic E-state index is -1.29. The number of hydrogen-bond donors (Lipinski definition) is 1. The third-order valence-corrected chi connectivity index (χ3v) is 4.57. The van der Waals surface area contributed by atoms with E-state index in [0.29, 0.717) is 30.4 Å². The molecule has 5 nitrogen and oxygen atoms in total. The Morgan fingerprint density at radius 3 is 2.56 bits per heavy atom. The van der Waals surface area contributed by atoms with Crippen LogP contribution >= 0.6 is 0 Å². The van der Waals surface area contributed by atoms with Crippen LogP contribution in [0.2, 0.25) is 0 Å². The summed E-state index contributed by atoms with van der Waals surface area (Å²) in [4.78, 5) is 36.5. The lowest BCUT2D eigenvalue weighted by atomic mass is 9.85. The second kappa shape index (κ2) is 7.74. The molecule has 0 saturated heterocycles. The zero-order valence-corrected chi connectivity index (χ0v) is 14.9. The Morgan fingerprint density at radius 2 is 1.92 bits per heavy atom. The van der Waals surface area contributed by atoms with E-state index in [1.165, 1.54) is 19.1 Å². The maximum atomic E-state index is 12.4. The second-order valence-corrected chi connectivity index (χ2v) is 6.86. The fourth-order valence-electron chi connectivity index (χ4n) is 3.17. The molecule has 25 heavy (non-hydrogen) atoms. The molecule has 0 unspecified atom stereocenters. The number of hydrogen-bond acceptors (Lipinski definition) is 5. The van der Waals surface area contributed by atoms with Crippen LogP contribution in [0.4, 0.5) is 0 Å². The van der Waals surface area contributed by atoms with Gasteiger partial charge in [-0.15, -0.1) is 0 Å². The zero-order chi connectivity index (χ0) is 18.7. The first kappa shape index (κ1) is 19.1. The van der Waals surface area contributed by atoms with Gasteiger partial charge in [0.05, 0.1) is 0 Å². The lowest BCUT2D eigenvalue weighted by molar-refractivity contribution is -0.139. The van der Waals surface area contributed by atoms with Crippen molar-refractivity contribution in [2.24, 2.45) is 5.92 Å². The molecule has 0 radical (unpaired) electrons. The standard InChI is InChI=1S/C20H24O5/c1-11(2)17-6-5-14-10-16(25-20(14)24)8-12(3)7-15(21)9-13(4)18(22)19(17)23/h7,9-10,16-17,19,23H,1,5-6,8H2,2-4H3/b12-7-,13-9-/t16-,17-,19-/m0/s1. The van der Waals surface area contributed by atoms with Crippen molar-refractivity contribution < 1.29 is 24.2 Å². The molecule has 5 heteroatoms. The molecule has 3 atom stereocenters. The number of rotatable bonds is 1. The van der Waals surface area contributed by atoms with Crippen LogP contribution < -0.4 is 0 Å². The van der Waals surface area contributed by atoms with Crippen LogP contribution in [0.3, 0.4) is 0 Å². The molecule has 2 bridgehead atoms. The average molecular weight is 344 g/mol. The summed E-state index contributed by atoms with van der Waals surface area (Å²) in [5.74, 6) is -1.69. The lowest BCUT2D eigenvalue weighted by Crippen LogP contribution is -2.31. The van der Waals surface area contributed by atoms with Crippen molar-refractivity contribution in [3.05, 3.63) is 47.1 Å². The van der Waals surface area contributed by atoms with Gasteiger partial charge in [-0.2, -0.15) is 0 Å². The van der Waals surface area contributed by atoms with Gasteiger partial charge in [0.15, 0.2) is 11.6 Å². The maximum Gasteiger partial charge on any atom is 0.334 e. The number of aliphatic hydroxyl groups excluding tert-OH is 1. The van der Waals surface area contributed by atoms with Gasteiger partial charge in [0.25, 0.3) is 0 Å².